The van der Waals surface area contributed by atoms with Crippen LogP contribution >= 0.6 is 31.9 Å². The van der Waals surface area contributed by atoms with Gasteiger partial charge >= 0.3 is 0 Å². The summed E-state index contributed by atoms with van der Waals surface area (Å²) in [6.07, 6.45) is 3.27. The largest absolute Gasteiger partial charge is 0.295 e. The second-order valence-electron chi connectivity index (χ2n) is 5.70. The van der Waals surface area contributed by atoms with E-state index < -0.39 is 0 Å². The van der Waals surface area contributed by atoms with Crippen LogP contribution in [0.2, 0.25) is 0 Å². The van der Waals surface area contributed by atoms with Crippen molar-refractivity contribution < 1.29 is 4.79 Å². The number of aryl methyl sites for hydroxylation is 1. The number of allylic oxidation sites excluding steroid dienone is 2. The van der Waals surface area contributed by atoms with Crippen LogP contribution < -0.4 is 0 Å². The van der Waals surface area contributed by atoms with Crippen molar-refractivity contribution in [1.82, 2.24) is 0 Å². The molecule has 0 spiro atoms. The van der Waals surface area contributed by atoms with E-state index >= 15 is 0 Å². The molecule has 0 aliphatic heterocycles. The number of halogens is 2. The predicted octanol–water partition coefficient (Wildman–Crippen LogP) is 6.05. The van der Waals surface area contributed by atoms with Gasteiger partial charge in [0.15, 0.2) is 5.78 Å². The average Bonchev–Trinajstić information content (AvgIpc) is 2.50. The summed E-state index contributed by atoms with van der Waals surface area (Å²) in [5.41, 5.74) is 4.67. The first-order chi connectivity index (χ1) is 10.6. The lowest BCUT2D eigenvalue weighted by molar-refractivity contribution is -0.115. The third kappa shape index (κ3) is 3.11. The molecule has 0 fully saturated rings. The molecule has 22 heavy (non-hydrogen) atoms. The number of hydrogen-bond acceptors (Lipinski definition) is 1. The maximum atomic E-state index is 12.2. The van der Waals surface area contributed by atoms with Crippen LogP contribution in [0.4, 0.5) is 0 Å². The van der Waals surface area contributed by atoms with Crippen molar-refractivity contribution in [3.63, 3.8) is 0 Å². The van der Waals surface area contributed by atoms with Crippen molar-refractivity contribution in [2.24, 2.45) is 0 Å². The molecule has 0 heterocycles. The van der Waals surface area contributed by atoms with Gasteiger partial charge in [-0.15, -0.1) is 0 Å². The molecule has 0 amide bonds. The summed E-state index contributed by atoms with van der Waals surface area (Å²) < 4.78 is 2.17. The molecule has 1 aliphatic rings. The van der Waals surface area contributed by atoms with Crippen molar-refractivity contribution in [1.29, 1.82) is 0 Å². The first kappa shape index (κ1) is 15.7. The van der Waals surface area contributed by atoms with Gasteiger partial charge in [-0.3, -0.25) is 4.79 Å². The number of hydrogen-bond donors (Lipinski definition) is 0. The molecule has 0 bridgehead atoms. The highest BCUT2D eigenvalue weighted by atomic mass is 79.9. The van der Waals surface area contributed by atoms with Gasteiger partial charge in [0, 0.05) is 15.4 Å². The summed E-state index contributed by atoms with van der Waals surface area (Å²) in [7, 11) is 0. The van der Waals surface area contributed by atoms with Crippen LogP contribution in [0.15, 0.2) is 57.5 Å². The average molecular weight is 420 g/mol. The van der Waals surface area contributed by atoms with E-state index in [1.165, 1.54) is 11.1 Å². The predicted molar refractivity (Wildman–Crippen MR) is 98.0 cm³/mol. The Morgan fingerprint density at radius 1 is 1.00 bits per heavy atom. The Balaban J connectivity index is 1.98. The highest BCUT2D eigenvalue weighted by molar-refractivity contribution is 9.10. The highest BCUT2D eigenvalue weighted by Gasteiger charge is 2.25. The van der Waals surface area contributed by atoms with E-state index in [4.69, 9.17) is 0 Å². The Bertz CT molecular complexity index is 762. The van der Waals surface area contributed by atoms with Crippen LogP contribution in [0.5, 0.6) is 0 Å². The molecule has 2 aromatic rings. The number of benzene rings is 2. The molecule has 3 heteroatoms. The molecule has 3 rings (SSSR count). The van der Waals surface area contributed by atoms with Gasteiger partial charge in [-0.1, -0.05) is 68.3 Å². The lowest BCUT2D eigenvalue weighted by atomic mass is 9.81. The number of ketones is 1. The molecule has 1 atom stereocenters. The minimum Gasteiger partial charge on any atom is -0.295 e. The van der Waals surface area contributed by atoms with Crippen LogP contribution in [-0.4, -0.2) is 5.78 Å². The Hall–Kier alpha value is -1.19. The topological polar surface area (TPSA) is 17.1 Å². The molecular formula is C19H16Br2O. The summed E-state index contributed by atoms with van der Waals surface area (Å²) >= 11 is 7.28. The fourth-order valence-corrected chi connectivity index (χ4v) is 4.13. The van der Waals surface area contributed by atoms with E-state index in [-0.39, 0.29) is 11.7 Å². The molecule has 1 unspecified atom stereocenters. The second kappa shape index (κ2) is 6.51. The normalized spacial score (nSPS) is 18.2. The quantitative estimate of drug-likeness (QED) is 0.578. The monoisotopic (exact) mass is 418 g/mol. The number of rotatable bonds is 2. The van der Waals surface area contributed by atoms with Gasteiger partial charge in [0.25, 0.3) is 0 Å². The zero-order valence-electron chi connectivity index (χ0n) is 12.3. The van der Waals surface area contributed by atoms with Crippen molar-refractivity contribution in [2.45, 2.75) is 25.7 Å². The Morgan fingerprint density at radius 3 is 2.55 bits per heavy atom. The molecular weight excluding hydrogens is 404 g/mol. The lowest BCUT2D eigenvalue weighted by Gasteiger charge is -2.24. The summed E-state index contributed by atoms with van der Waals surface area (Å²) in [4.78, 5) is 12.2. The van der Waals surface area contributed by atoms with Gasteiger partial charge < -0.3 is 0 Å². The van der Waals surface area contributed by atoms with E-state index in [9.17, 15) is 4.79 Å². The molecule has 1 nitrogen and oxygen atoms in total. The maximum Gasteiger partial charge on any atom is 0.156 e. The van der Waals surface area contributed by atoms with E-state index in [2.05, 4.69) is 63.0 Å². The van der Waals surface area contributed by atoms with Gasteiger partial charge in [-0.2, -0.15) is 0 Å². The molecule has 1 aliphatic carbocycles. The summed E-state index contributed by atoms with van der Waals surface area (Å²) in [5.74, 6) is 0.435. The second-order valence-corrected chi connectivity index (χ2v) is 7.35. The van der Waals surface area contributed by atoms with Gasteiger partial charge in [-0.25, -0.2) is 0 Å². The lowest BCUT2D eigenvalue weighted by Crippen LogP contribution is -2.13. The fourth-order valence-electron chi connectivity index (χ4n) is 3.01. The van der Waals surface area contributed by atoms with Crippen LogP contribution in [-0.2, 0) is 4.79 Å². The molecule has 0 saturated heterocycles. The van der Waals surface area contributed by atoms with Gasteiger partial charge in [-0.05, 0) is 53.7 Å². The van der Waals surface area contributed by atoms with Crippen LogP contribution in [0.3, 0.4) is 0 Å². The van der Waals surface area contributed by atoms with Crippen LogP contribution in [0.25, 0.3) is 5.57 Å². The van der Waals surface area contributed by atoms with Crippen molar-refractivity contribution in [3.8, 4) is 0 Å². The first-order valence-corrected chi connectivity index (χ1v) is 8.88. The minimum atomic E-state index is 0.204. The van der Waals surface area contributed by atoms with Crippen molar-refractivity contribution in [3.05, 3.63) is 74.2 Å². The van der Waals surface area contributed by atoms with Gasteiger partial charge in [0.2, 0.25) is 0 Å². The van der Waals surface area contributed by atoms with E-state index in [0.717, 1.165) is 26.5 Å². The zero-order valence-corrected chi connectivity index (χ0v) is 15.4. The third-order valence-electron chi connectivity index (χ3n) is 4.13. The summed E-state index contributed by atoms with van der Waals surface area (Å²) in [6, 6.07) is 14.4. The number of carbonyl (C=O) groups excluding carboxylic acids is 1. The number of carbonyl (C=O) groups is 1. The molecule has 0 N–H and O–H groups in total. The molecule has 2 aromatic carbocycles. The van der Waals surface area contributed by atoms with E-state index in [1.54, 1.807) is 6.08 Å². The Kier molecular flexibility index (Phi) is 4.65. The first-order valence-electron chi connectivity index (χ1n) is 7.29. The van der Waals surface area contributed by atoms with Gasteiger partial charge in [0.1, 0.15) is 0 Å². The Morgan fingerprint density at radius 2 is 1.77 bits per heavy atom. The van der Waals surface area contributed by atoms with Crippen LogP contribution in [0, 0.1) is 6.92 Å². The maximum absolute atomic E-state index is 12.2. The molecule has 0 aromatic heterocycles. The van der Waals surface area contributed by atoms with Crippen molar-refractivity contribution in [2.75, 3.05) is 0 Å². The van der Waals surface area contributed by atoms with Gasteiger partial charge in [0.05, 0.1) is 0 Å². The van der Waals surface area contributed by atoms with Crippen LogP contribution in [0.1, 0.15) is 35.4 Å². The highest BCUT2D eigenvalue weighted by Crippen LogP contribution is 2.40. The summed E-state index contributed by atoms with van der Waals surface area (Å²) in [5, 5.41) is 0. The molecule has 0 radical (unpaired) electrons. The fraction of sp³-hybridized carbons (Fsp3) is 0.211. The smallest absolute Gasteiger partial charge is 0.156 e. The van der Waals surface area contributed by atoms with E-state index in [0.29, 0.717) is 6.42 Å². The van der Waals surface area contributed by atoms with Crippen molar-refractivity contribution >= 4 is 43.2 Å². The molecule has 0 saturated carbocycles. The molecule has 112 valence electrons. The standard InChI is InChI=1S/C19H16Br2O/c1-12-5-4-7-17(19(12)21)14-9-13(10-15(22)11-14)16-6-2-3-8-18(16)20/h2-8,10,14H,9,11H2,1H3. The minimum absolute atomic E-state index is 0.204. The van der Waals surface area contributed by atoms with E-state index in [1.807, 2.05) is 18.2 Å². The Labute approximate surface area is 147 Å². The zero-order chi connectivity index (χ0) is 15.7. The SMILES string of the molecule is Cc1cccc(C2CC(=O)C=C(c3ccccc3Br)C2)c1Br. The third-order valence-corrected chi connectivity index (χ3v) is 5.91. The summed E-state index contributed by atoms with van der Waals surface area (Å²) in [6.45, 7) is 2.09.